The third-order valence-electron chi connectivity index (χ3n) is 4.98. The van der Waals surface area contributed by atoms with E-state index in [2.05, 4.69) is 20.0 Å². The first-order valence-corrected chi connectivity index (χ1v) is 13.1. The Kier molecular flexibility index (Phi) is 7.20. The van der Waals surface area contributed by atoms with E-state index in [0.717, 1.165) is 33.2 Å². The molecule has 3 aromatic heterocycles. The lowest BCUT2D eigenvalue weighted by Gasteiger charge is -2.09. The van der Waals surface area contributed by atoms with Gasteiger partial charge in [-0.25, -0.2) is 28.1 Å². The summed E-state index contributed by atoms with van der Waals surface area (Å²) in [5.41, 5.74) is 4.49. The van der Waals surface area contributed by atoms with E-state index in [9.17, 15) is 8.42 Å². The number of nitrogens with one attached hydrogen (secondary N) is 2. The SMILES string of the molecule is CC(C)=C/C=C(\C)S(=O)(=O)NCCNc1nccc(-c2c(-c3ccccc3)nc3sccn23)n1. The average molecular weight is 495 g/mol. The maximum absolute atomic E-state index is 12.4. The highest BCUT2D eigenvalue weighted by atomic mass is 32.2. The van der Waals surface area contributed by atoms with Crippen LogP contribution in [0.25, 0.3) is 27.6 Å². The number of benzene rings is 1. The molecule has 0 unspecified atom stereocenters. The summed E-state index contributed by atoms with van der Waals surface area (Å²) in [6.45, 7) is 5.94. The molecule has 0 radical (unpaired) electrons. The van der Waals surface area contributed by atoms with E-state index in [1.165, 1.54) is 0 Å². The predicted molar refractivity (Wildman–Crippen MR) is 138 cm³/mol. The van der Waals surface area contributed by atoms with Gasteiger partial charge in [-0.2, -0.15) is 0 Å². The minimum Gasteiger partial charge on any atom is -0.353 e. The van der Waals surface area contributed by atoms with Crippen LogP contribution in [0.1, 0.15) is 20.8 Å². The van der Waals surface area contributed by atoms with Crippen LogP contribution in [0.5, 0.6) is 0 Å². The Morgan fingerprint density at radius 1 is 1.06 bits per heavy atom. The Bertz CT molecular complexity index is 1450. The van der Waals surface area contributed by atoms with E-state index in [4.69, 9.17) is 4.98 Å². The Labute approximate surface area is 203 Å². The average Bonchev–Trinajstić information content (AvgIpc) is 3.42. The Morgan fingerprint density at radius 2 is 1.85 bits per heavy atom. The highest BCUT2D eigenvalue weighted by Gasteiger charge is 2.18. The van der Waals surface area contributed by atoms with E-state index in [0.29, 0.717) is 12.5 Å². The molecule has 8 nitrogen and oxygen atoms in total. The van der Waals surface area contributed by atoms with Gasteiger partial charge in [-0.1, -0.05) is 42.0 Å². The Hall–Kier alpha value is -3.34. The van der Waals surface area contributed by atoms with Gasteiger partial charge in [0.25, 0.3) is 0 Å². The number of allylic oxidation sites excluding steroid dienone is 4. The second kappa shape index (κ2) is 10.3. The van der Waals surface area contributed by atoms with Crippen molar-refractivity contribution in [2.24, 2.45) is 0 Å². The standard InChI is InChI=1S/C24H26N6O2S2/c1-17(2)9-10-18(3)34(31,32)27-14-13-26-23-25-12-11-20(28-23)22-21(19-7-5-4-6-8-19)29-24-30(22)15-16-33-24/h4-12,15-16,27H,13-14H2,1-3H3,(H,25,26,28)/b18-10+. The van der Waals surface area contributed by atoms with Crippen LogP contribution < -0.4 is 10.0 Å². The molecule has 0 bridgehead atoms. The fraction of sp³-hybridized carbons (Fsp3) is 0.208. The molecule has 0 aliphatic heterocycles. The second-order valence-electron chi connectivity index (χ2n) is 7.84. The predicted octanol–water partition coefficient (Wildman–Crippen LogP) is 4.72. The van der Waals surface area contributed by atoms with E-state index >= 15 is 0 Å². The van der Waals surface area contributed by atoms with Crippen molar-refractivity contribution in [2.75, 3.05) is 18.4 Å². The molecule has 0 aliphatic carbocycles. The number of hydrogen-bond donors (Lipinski definition) is 2. The van der Waals surface area contributed by atoms with Crippen LogP contribution in [0.15, 0.2) is 76.8 Å². The zero-order valence-corrected chi connectivity index (χ0v) is 20.8. The summed E-state index contributed by atoms with van der Waals surface area (Å²) in [4.78, 5) is 14.9. The molecule has 10 heteroatoms. The van der Waals surface area contributed by atoms with Crippen molar-refractivity contribution in [1.82, 2.24) is 24.1 Å². The van der Waals surface area contributed by atoms with Crippen molar-refractivity contribution in [3.63, 3.8) is 0 Å². The number of sulfonamides is 1. The summed E-state index contributed by atoms with van der Waals surface area (Å²) < 4.78 is 29.3. The molecular weight excluding hydrogens is 468 g/mol. The summed E-state index contributed by atoms with van der Waals surface area (Å²) in [5, 5.41) is 5.09. The molecule has 3 heterocycles. The summed E-state index contributed by atoms with van der Waals surface area (Å²) in [7, 11) is -3.53. The van der Waals surface area contributed by atoms with Gasteiger partial charge in [0, 0.05) is 36.4 Å². The second-order valence-corrected chi connectivity index (χ2v) is 10.7. The zero-order valence-electron chi connectivity index (χ0n) is 19.2. The molecule has 0 amide bonds. The van der Waals surface area contributed by atoms with E-state index in [1.54, 1.807) is 36.6 Å². The van der Waals surface area contributed by atoms with Crippen LogP contribution in [-0.2, 0) is 10.0 Å². The van der Waals surface area contributed by atoms with Crippen LogP contribution in [0.4, 0.5) is 5.95 Å². The van der Waals surface area contributed by atoms with Crippen molar-refractivity contribution >= 4 is 32.3 Å². The molecule has 0 saturated carbocycles. The normalized spacial score (nSPS) is 12.1. The fourth-order valence-electron chi connectivity index (χ4n) is 3.25. The van der Waals surface area contributed by atoms with Crippen molar-refractivity contribution in [2.45, 2.75) is 20.8 Å². The van der Waals surface area contributed by atoms with E-state index in [1.807, 2.05) is 66.2 Å². The molecule has 4 rings (SSSR count). The molecule has 0 aliphatic rings. The number of rotatable bonds is 9. The molecule has 0 atom stereocenters. The fourth-order valence-corrected chi connectivity index (χ4v) is 4.81. The summed E-state index contributed by atoms with van der Waals surface area (Å²) in [5.74, 6) is 0.415. The third kappa shape index (κ3) is 5.41. The van der Waals surface area contributed by atoms with E-state index < -0.39 is 10.0 Å². The van der Waals surface area contributed by atoms with Crippen LogP contribution in [0.3, 0.4) is 0 Å². The molecule has 0 spiro atoms. The van der Waals surface area contributed by atoms with Crippen LogP contribution >= 0.6 is 11.3 Å². The van der Waals surface area contributed by atoms with Crippen molar-refractivity contribution in [3.8, 4) is 22.6 Å². The van der Waals surface area contributed by atoms with Gasteiger partial charge in [0.05, 0.1) is 16.3 Å². The van der Waals surface area contributed by atoms with Gasteiger partial charge in [0.15, 0.2) is 4.96 Å². The van der Waals surface area contributed by atoms with Crippen molar-refractivity contribution < 1.29 is 8.42 Å². The topological polar surface area (TPSA) is 101 Å². The lowest BCUT2D eigenvalue weighted by molar-refractivity contribution is 0.589. The van der Waals surface area contributed by atoms with Crippen molar-refractivity contribution in [3.05, 3.63) is 76.8 Å². The monoisotopic (exact) mass is 494 g/mol. The van der Waals surface area contributed by atoms with Gasteiger partial charge in [0.1, 0.15) is 5.69 Å². The molecular formula is C24H26N6O2S2. The first-order valence-electron chi connectivity index (χ1n) is 10.7. The molecule has 0 fully saturated rings. The number of anilines is 1. The summed E-state index contributed by atoms with van der Waals surface area (Å²) >= 11 is 1.56. The number of imidazole rings is 1. The minimum atomic E-state index is -3.53. The molecule has 0 saturated heterocycles. The largest absolute Gasteiger partial charge is 0.353 e. The zero-order chi connectivity index (χ0) is 24.1. The molecule has 2 N–H and O–H groups in total. The number of fused-ring (bicyclic) bond motifs is 1. The first kappa shape index (κ1) is 23.8. The highest BCUT2D eigenvalue weighted by molar-refractivity contribution is 7.93. The lowest BCUT2D eigenvalue weighted by atomic mass is 10.1. The molecule has 34 heavy (non-hydrogen) atoms. The number of aromatic nitrogens is 4. The van der Waals surface area contributed by atoms with Gasteiger partial charge in [-0.05, 0) is 32.9 Å². The highest BCUT2D eigenvalue weighted by Crippen LogP contribution is 2.33. The van der Waals surface area contributed by atoms with Crippen LogP contribution in [0, 0.1) is 0 Å². The van der Waals surface area contributed by atoms with Gasteiger partial charge >= 0.3 is 0 Å². The van der Waals surface area contributed by atoms with Gasteiger partial charge in [0.2, 0.25) is 16.0 Å². The quantitative estimate of drug-likeness (QED) is 0.258. The molecule has 1 aromatic carbocycles. The summed E-state index contributed by atoms with van der Waals surface area (Å²) in [6.07, 6.45) is 7.03. The van der Waals surface area contributed by atoms with Crippen LogP contribution in [-0.4, -0.2) is 40.9 Å². The lowest BCUT2D eigenvalue weighted by Crippen LogP contribution is -2.29. The number of hydrogen-bond acceptors (Lipinski definition) is 7. The minimum absolute atomic E-state index is 0.201. The number of nitrogens with zero attached hydrogens (tertiary/aromatic N) is 4. The first-order chi connectivity index (χ1) is 16.3. The smallest absolute Gasteiger partial charge is 0.236 e. The third-order valence-corrected chi connectivity index (χ3v) is 7.31. The van der Waals surface area contributed by atoms with Gasteiger partial charge < -0.3 is 5.32 Å². The molecule has 176 valence electrons. The maximum atomic E-state index is 12.4. The van der Waals surface area contributed by atoms with Gasteiger partial charge in [-0.3, -0.25) is 4.40 Å². The summed E-state index contributed by atoms with van der Waals surface area (Å²) in [6, 6.07) is 11.8. The Morgan fingerprint density at radius 3 is 2.62 bits per heavy atom. The van der Waals surface area contributed by atoms with Crippen molar-refractivity contribution in [1.29, 1.82) is 0 Å². The Balaban J connectivity index is 1.50. The maximum Gasteiger partial charge on any atom is 0.236 e. The number of thiazole rings is 1. The van der Waals surface area contributed by atoms with Crippen LogP contribution in [0.2, 0.25) is 0 Å². The van der Waals surface area contributed by atoms with Gasteiger partial charge in [-0.15, -0.1) is 11.3 Å². The van der Waals surface area contributed by atoms with E-state index in [-0.39, 0.29) is 11.4 Å². The molecule has 4 aromatic rings.